The molecule has 0 radical (unpaired) electrons. The second-order valence-electron chi connectivity index (χ2n) is 4.28. The van der Waals surface area contributed by atoms with Gasteiger partial charge in [-0.3, -0.25) is 4.79 Å². The molecule has 2 aromatic rings. The predicted molar refractivity (Wildman–Crippen MR) is 82.5 cm³/mol. The van der Waals surface area contributed by atoms with Gasteiger partial charge < -0.3 is 14.9 Å². The molecule has 22 heavy (non-hydrogen) atoms. The number of hydrazone groups is 1. The zero-order valence-electron chi connectivity index (χ0n) is 11.4. The third-order valence-corrected chi connectivity index (χ3v) is 2.81. The molecule has 0 fully saturated rings. The normalized spacial score (nSPS) is 10.6. The molecule has 0 heterocycles. The Morgan fingerprint density at radius 2 is 2.09 bits per heavy atom. The summed E-state index contributed by atoms with van der Waals surface area (Å²) in [5.41, 5.74) is 2.52. The van der Waals surface area contributed by atoms with Crippen LogP contribution in [0.3, 0.4) is 0 Å². The molecule has 0 aromatic heterocycles. The van der Waals surface area contributed by atoms with Crippen LogP contribution in [0.15, 0.2) is 47.6 Å². The number of halogens is 1. The van der Waals surface area contributed by atoms with Gasteiger partial charge in [0.25, 0.3) is 5.91 Å². The van der Waals surface area contributed by atoms with E-state index < -0.39 is 5.91 Å². The van der Waals surface area contributed by atoms with E-state index in [1.54, 1.807) is 24.3 Å². The Hall–Kier alpha value is -2.73. The quantitative estimate of drug-likeness (QED) is 0.448. The zero-order chi connectivity index (χ0) is 15.9. The van der Waals surface area contributed by atoms with Crippen LogP contribution in [0.4, 0.5) is 0 Å². The number of nitrogens with one attached hydrogen (secondary N) is 1. The van der Waals surface area contributed by atoms with Gasteiger partial charge in [-0.2, -0.15) is 5.10 Å². The van der Waals surface area contributed by atoms with Gasteiger partial charge in [0.1, 0.15) is 17.2 Å². The number of carbonyl (C=O) groups is 1. The monoisotopic (exact) mass is 320 g/mol. The molecule has 0 atom stereocenters. The van der Waals surface area contributed by atoms with Crippen molar-refractivity contribution in [2.75, 3.05) is 6.61 Å². The summed E-state index contributed by atoms with van der Waals surface area (Å²) in [4.78, 5) is 11.5. The van der Waals surface area contributed by atoms with Crippen molar-refractivity contribution < 1.29 is 19.7 Å². The van der Waals surface area contributed by atoms with Gasteiger partial charge in [0, 0.05) is 10.6 Å². The largest absolute Gasteiger partial charge is 0.508 e. The lowest BCUT2D eigenvalue weighted by Gasteiger charge is -2.05. The van der Waals surface area contributed by atoms with E-state index in [2.05, 4.69) is 10.5 Å². The molecule has 7 heteroatoms. The van der Waals surface area contributed by atoms with Crippen LogP contribution in [0.5, 0.6) is 17.2 Å². The maximum absolute atomic E-state index is 11.5. The van der Waals surface area contributed by atoms with Gasteiger partial charge in [-0.25, -0.2) is 5.43 Å². The smallest absolute Gasteiger partial charge is 0.277 e. The number of amides is 1. The molecule has 0 aliphatic heterocycles. The standard InChI is InChI=1S/C15H13ClN2O4/c16-11-2-1-3-13(7-11)22-9-15(21)18-17-8-10-6-12(19)4-5-14(10)20/h1-8,19-20H,9H2,(H,18,21)/b17-8-. The lowest BCUT2D eigenvalue weighted by atomic mass is 10.2. The highest BCUT2D eigenvalue weighted by atomic mass is 35.5. The van der Waals surface area contributed by atoms with E-state index >= 15 is 0 Å². The summed E-state index contributed by atoms with van der Waals surface area (Å²) in [6, 6.07) is 10.6. The maximum atomic E-state index is 11.5. The number of aromatic hydroxyl groups is 2. The summed E-state index contributed by atoms with van der Waals surface area (Å²) in [6.45, 7) is -0.232. The highest BCUT2D eigenvalue weighted by molar-refractivity contribution is 6.30. The molecule has 0 aliphatic carbocycles. The van der Waals surface area contributed by atoms with Crippen molar-refractivity contribution in [3.8, 4) is 17.2 Å². The number of benzene rings is 2. The van der Waals surface area contributed by atoms with Gasteiger partial charge in [0.15, 0.2) is 6.61 Å². The van der Waals surface area contributed by atoms with Crippen LogP contribution in [-0.2, 0) is 4.79 Å². The first-order valence-corrected chi connectivity index (χ1v) is 6.64. The van der Waals surface area contributed by atoms with Gasteiger partial charge in [-0.15, -0.1) is 0 Å². The number of hydrogen-bond donors (Lipinski definition) is 3. The first-order valence-electron chi connectivity index (χ1n) is 6.27. The average molecular weight is 321 g/mol. The molecule has 2 aromatic carbocycles. The van der Waals surface area contributed by atoms with Crippen LogP contribution < -0.4 is 10.2 Å². The fourth-order valence-electron chi connectivity index (χ4n) is 1.56. The highest BCUT2D eigenvalue weighted by Crippen LogP contribution is 2.20. The van der Waals surface area contributed by atoms with E-state index in [0.29, 0.717) is 10.8 Å². The predicted octanol–water partition coefficient (Wildman–Crippen LogP) is 2.28. The van der Waals surface area contributed by atoms with Crippen LogP contribution in [0.2, 0.25) is 5.02 Å². The van der Waals surface area contributed by atoms with Crippen LogP contribution in [0, 0.1) is 0 Å². The van der Waals surface area contributed by atoms with E-state index in [1.165, 1.54) is 24.4 Å². The fraction of sp³-hybridized carbons (Fsp3) is 0.0667. The Morgan fingerprint density at radius 1 is 1.27 bits per heavy atom. The van der Waals surface area contributed by atoms with Crippen molar-refractivity contribution in [3.05, 3.63) is 53.1 Å². The van der Waals surface area contributed by atoms with Gasteiger partial charge in [-0.05, 0) is 36.4 Å². The van der Waals surface area contributed by atoms with Crippen molar-refractivity contribution in [1.29, 1.82) is 0 Å². The van der Waals surface area contributed by atoms with Gasteiger partial charge in [0.2, 0.25) is 0 Å². The average Bonchev–Trinajstić information content (AvgIpc) is 2.49. The molecule has 2 rings (SSSR count). The number of rotatable bonds is 5. The minimum atomic E-state index is -0.476. The molecule has 0 bridgehead atoms. The van der Waals surface area contributed by atoms with Crippen LogP contribution in [0.25, 0.3) is 0 Å². The fourth-order valence-corrected chi connectivity index (χ4v) is 1.74. The molecule has 6 nitrogen and oxygen atoms in total. The van der Waals surface area contributed by atoms with Crippen LogP contribution in [-0.4, -0.2) is 28.9 Å². The summed E-state index contributed by atoms with van der Waals surface area (Å²) in [6.07, 6.45) is 1.21. The summed E-state index contributed by atoms with van der Waals surface area (Å²) in [7, 11) is 0. The third-order valence-electron chi connectivity index (χ3n) is 2.57. The summed E-state index contributed by atoms with van der Waals surface area (Å²) in [5.74, 6) is -0.0889. The molecule has 0 saturated carbocycles. The molecular weight excluding hydrogens is 308 g/mol. The Labute approximate surface area is 131 Å². The molecule has 0 aliphatic rings. The Bertz CT molecular complexity index is 704. The zero-order valence-corrected chi connectivity index (χ0v) is 12.1. The first-order chi connectivity index (χ1) is 10.5. The van der Waals surface area contributed by atoms with Crippen molar-refractivity contribution in [3.63, 3.8) is 0 Å². The maximum Gasteiger partial charge on any atom is 0.277 e. The van der Waals surface area contributed by atoms with Gasteiger partial charge in [0.05, 0.1) is 6.21 Å². The third kappa shape index (κ3) is 4.68. The number of phenolic OH excluding ortho intramolecular Hbond substituents is 2. The Kier molecular flexibility index (Phi) is 5.21. The topological polar surface area (TPSA) is 91.2 Å². The molecule has 0 saturated heterocycles. The van der Waals surface area contributed by atoms with Gasteiger partial charge >= 0.3 is 0 Å². The first kappa shape index (κ1) is 15.7. The van der Waals surface area contributed by atoms with Gasteiger partial charge in [-0.1, -0.05) is 17.7 Å². The van der Waals surface area contributed by atoms with Crippen LogP contribution in [0.1, 0.15) is 5.56 Å². The Morgan fingerprint density at radius 3 is 2.86 bits per heavy atom. The Balaban J connectivity index is 1.85. The van der Waals surface area contributed by atoms with E-state index in [1.807, 2.05) is 0 Å². The number of phenols is 2. The second kappa shape index (κ2) is 7.33. The minimum Gasteiger partial charge on any atom is -0.508 e. The number of carbonyl (C=O) groups excluding carboxylic acids is 1. The highest BCUT2D eigenvalue weighted by Gasteiger charge is 2.03. The van der Waals surface area contributed by atoms with Crippen molar-refractivity contribution in [2.24, 2.45) is 5.10 Å². The second-order valence-corrected chi connectivity index (χ2v) is 4.72. The van der Waals surface area contributed by atoms with Crippen molar-refractivity contribution in [1.82, 2.24) is 5.43 Å². The number of ether oxygens (including phenoxy) is 1. The van der Waals surface area contributed by atoms with Crippen LogP contribution >= 0.6 is 11.6 Å². The molecule has 0 spiro atoms. The molecule has 3 N–H and O–H groups in total. The van der Waals surface area contributed by atoms with Crippen molar-refractivity contribution in [2.45, 2.75) is 0 Å². The van der Waals surface area contributed by atoms with E-state index in [4.69, 9.17) is 16.3 Å². The summed E-state index contributed by atoms with van der Waals surface area (Å²) >= 11 is 5.79. The number of hydrogen-bond acceptors (Lipinski definition) is 5. The minimum absolute atomic E-state index is 0.0186. The molecule has 1 amide bonds. The van der Waals surface area contributed by atoms with Crippen molar-refractivity contribution >= 4 is 23.7 Å². The van der Waals surface area contributed by atoms with E-state index in [9.17, 15) is 15.0 Å². The summed E-state index contributed by atoms with van der Waals surface area (Å²) < 4.78 is 5.23. The van der Waals surface area contributed by atoms with E-state index in [0.717, 1.165) is 0 Å². The molecular formula is C15H13ClN2O4. The number of nitrogens with zero attached hydrogens (tertiary/aromatic N) is 1. The molecule has 0 unspecified atom stereocenters. The lowest BCUT2D eigenvalue weighted by molar-refractivity contribution is -0.123. The SMILES string of the molecule is O=C(COc1cccc(Cl)c1)N/N=C\c1cc(O)ccc1O. The lowest BCUT2D eigenvalue weighted by Crippen LogP contribution is -2.24. The molecule has 114 valence electrons. The summed E-state index contributed by atoms with van der Waals surface area (Å²) in [5, 5.41) is 23.0. The van der Waals surface area contributed by atoms with E-state index in [-0.39, 0.29) is 23.7 Å².